The number of methoxy groups -OCH3 is 1. The summed E-state index contributed by atoms with van der Waals surface area (Å²) < 4.78 is 5.56. The minimum absolute atomic E-state index is 0.484. The van der Waals surface area contributed by atoms with Crippen LogP contribution in [0, 0.1) is 0 Å². The highest BCUT2D eigenvalue weighted by atomic mass is 16.5. The minimum atomic E-state index is 0.484. The second-order valence-electron chi connectivity index (χ2n) is 7.97. The number of hydrogen-bond acceptors (Lipinski definition) is 7. The van der Waals surface area contributed by atoms with Crippen LogP contribution in [0.4, 0.5) is 23.0 Å². The maximum atomic E-state index is 6.31. The Morgan fingerprint density at radius 3 is 2.69 bits per heavy atom. The zero-order valence-corrected chi connectivity index (χ0v) is 18.9. The monoisotopic (exact) mass is 431 g/mol. The summed E-state index contributed by atoms with van der Waals surface area (Å²) in [4.78, 5) is 16.7. The van der Waals surface area contributed by atoms with E-state index in [0.29, 0.717) is 17.4 Å². The molecule has 2 aromatic carbocycles. The van der Waals surface area contributed by atoms with Gasteiger partial charge in [0.2, 0.25) is 5.95 Å². The van der Waals surface area contributed by atoms with E-state index < -0.39 is 0 Å². The van der Waals surface area contributed by atoms with Crippen LogP contribution in [-0.2, 0) is 0 Å². The first-order chi connectivity index (χ1) is 15.5. The molecule has 0 saturated carbocycles. The van der Waals surface area contributed by atoms with E-state index in [1.807, 2.05) is 49.6 Å². The summed E-state index contributed by atoms with van der Waals surface area (Å²) in [5.74, 6) is 1.12. The fraction of sp³-hybridized carbons (Fsp3) is 0.250. The van der Waals surface area contributed by atoms with Crippen molar-refractivity contribution < 1.29 is 4.74 Å². The molecule has 0 bridgehead atoms. The number of anilines is 4. The smallest absolute Gasteiger partial charge is 0.227 e. The number of H-pyrrole nitrogens is 1. The van der Waals surface area contributed by atoms with E-state index in [-0.39, 0.29) is 0 Å². The van der Waals surface area contributed by atoms with Crippen LogP contribution in [0.15, 0.2) is 54.9 Å². The predicted octanol–water partition coefficient (Wildman–Crippen LogP) is 3.96. The number of fused-ring (bicyclic) bond motifs is 1. The van der Waals surface area contributed by atoms with Gasteiger partial charge in [-0.1, -0.05) is 18.2 Å². The van der Waals surface area contributed by atoms with Crippen LogP contribution >= 0.6 is 0 Å². The van der Waals surface area contributed by atoms with Gasteiger partial charge in [-0.05, 0) is 32.3 Å². The number of aromatic amines is 1. The van der Waals surface area contributed by atoms with Crippen molar-refractivity contribution in [1.82, 2.24) is 19.9 Å². The molecule has 4 N–H and O–H groups in total. The molecule has 0 radical (unpaired) electrons. The molecule has 0 spiro atoms. The molecule has 0 unspecified atom stereocenters. The van der Waals surface area contributed by atoms with Crippen LogP contribution < -0.4 is 20.7 Å². The summed E-state index contributed by atoms with van der Waals surface area (Å²) in [6.45, 7) is 1.76. The predicted molar refractivity (Wildman–Crippen MR) is 132 cm³/mol. The fourth-order valence-corrected chi connectivity index (χ4v) is 3.62. The average Bonchev–Trinajstić information content (AvgIpc) is 3.23. The van der Waals surface area contributed by atoms with Crippen LogP contribution in [0.3, 0.4) is 0 Å². The van der Waals surface area contributed by atoms with E-state index in [2.05, 4.69) is 45.2 Å². The molecule has 0 aliphatic carbocycles. The van der Waals surface area contributed by atoms with Crippen LogP contribution in [0.25, 0.3) is 22.2 Å². The van der Waals surface area contributed by atoms with Crippen molar-refractivity contribution in [3.8, 4) is 17.0 Å². The highest BCUT2D eigenvalue weighted by Gasteiger charge is 2.14. The van der Waals surface area contributed by atoms with Gasteiger partial charge < -0.3 is 30.6 Å². The fourth-order valence-electron chi connectivity index (χ4n) is 3.62. The second kappa shape index (κ2) is 9.15. The van der Waals surface area contributed by atoms with Gasteiger partial charge in [0.15, 0.2) is 0 Å². The van der Waals surface area contributed by atoms with Crippen LogP contribution in [0.1, 0.15) is 0 Å². The Balaban J connectivity index is 1.65. The van der Waals surface area contributed by atoms with Crippen molar-refractivity contribution in [1.29, 1.82) is 0 Å². The lowest BCUT2D eigenvalue weighted by atomic mass is 10.1. The van der Waals surface area contributed by atoms with Gasteiger partial charge in [0.1, 0.15) is 5.75 Å². The maximum absolute atomic E-state index is 6.31. The van der Waals surface area contributed by atoms with Gasteiger partial charge >= 0.3 is 0 Å². The van der Waals surface area contributed by atoms with E-state index in [4.69, 9.17) is 15.5 Å². The van der Waals surface area contributed by atoms with Gasteiger partial charge in [-0.15, -0.1) is 0 Å². The van der Waals surface area contributed by atoms with Crippen LogP contribution in [-0.4, -0.2) is 61.2 Å². The topological polar surface area (TPSA) is 95.3 Å². The van der Waals surface area contributed by atoms with Crippen molar-refractivity contribution >= 4 is 33.9 Å². The minimum Gasteiger partial charge on any atom is -0.494 e. The van der Waals surface area contributed by atoms with Crippen molar-refractivity contribution in [2.75, 3.05) is 57.3 Å². The number of nitrogens with two attached hydrogens (primary N) is 1. The van der Waals surface area contributed by atoms with Gasteiger partial charge in [-0.3, -0.25) is 0 Å². The zero-order valence-electron chi connectivity index (χ0n) is 18.9. The molecule has 4 aromatic rings. The number of nitrogens with one attached hydrogen (secondary N) is 2. The first-order valence-corrected chi connectivity index (χ1v) is 10.5. The third kappa shape index (κ3) is 4.45. The second-order valence-corrected chi connectivity index (χ2v) is 7.97. The summed E-state index contributed by atoms with van der Waals surface area (Å²) in [7, 11) is 7.75. The number of nitrogen functional groups attached to an aromatic ring is 1. The van der Waals surface area contributed by atoms with Gasteiger partial charge in [0.25, 0.3) is 0 Å². The zero-order chi connectivity index (χ0) is 22.7. The lowest BCUT2D eigenvalue weighted by Crippen LogP contribution is -2.29. The maximum Gasteiger partial charge on any atom is 0.227 e. The van der Waals surface area contributed by atoms with Crippen molar-refractivity contribution in [3.63, 3.8) is 0 Å². The third-order valence-corrected chi connectivity index (χ3v) is 5.41. The Labute approximate surface area is 188 Å². The number of likely N-dealkylation sites (N-methyl/N-ethyl adjacent to an activating group) is 2. The quantitative estimate of drug-likeness (QED) is 0.364. The Morgan fingerprint density at radius 2 is 1.91 bits per heavy atom. The molecular formula is C24H29N7O. The SMILES string of the molecule is COc1cc(N)c(N(C)CCN(C)C)cc1Nc1nccc(-c2c[nH]c3ccccc23)n1. The number of hydrogen-bond donors (Lipinski definition) is 3. The molecule has 0 atom stereocenters. The molecule has 0 fully saturated rings. The Hall–Kier alpha value is -3.78. The molecule has 0 aliphatic heterocycles. The van der Waals surface area contributed by atoms with Crippen molar-refractivity contribution in [3.05, 3.63) is 54.9 Å². The standard InChI is InChI=1S/C24H29N7O/c1-30(2)11-12-31(3)22-14-21(23(32-4)13-18(22)25)29-24-26-10-9-20(28-24)17-15-27-19-8-6-5-7-16(17)19/h5-10,13-15,27H,11-12,25H2,1-4H3,(H,26,28,29). The first kappa shape index (κ1) is 21.5. The molecule has 4 rings (SSSR count). The molecule has 0 saturated heterocycles. The van der Waals surface area contributed by atoms with Crippen LogP contribution in [0.2, 0.25) is 0 Å². The number of nitrogens with zero attached hydrogens (tertiary/aromatic N) is 4. The Kier molecular flexibility index (Phi) is 6.13. The molecule has 2 heterocycles. The summed E-state index contributed by atoms with van der Waals surface area (Å²) in [5, 5.41) is 4.43. The lowest BCUT2D eigenvalue weighted by Gasteiger charge is -2.24. The molecule has 0 amide bonds. The van der Waals surface area contributed by atoms with Gasteiger partial charge in [-0.25, -0.2) is 9.97 Å². The van der Waals surface area contributed by atoms with Crippen molar-refractivity contribution in [2.45, 2.75) is 0 Å². The van der Waals surface area contributed by atoms with E-state index in [1.54, 1.807) is 13.3 Å². The molecule has 166 valence electrons. The van der Waals surface area contributed by atoms with Gasteiger partial charge in [0.05, 0.1) is 29.9 Å². The van der Waals surface area contributed by atoms with Gasteiger partial charge in [0, 0.05) is 55.1 Å². The number of para-hydroxylation sites is 1. The normalized spacial score (nSPS) is 11.2. The summed E-state index contributed by atoms with van der Waals surface area (Å²) in [6.07, 6.45) is 3.72. The summed E-state index contributed by atoms with van der Waals surface area (Å²) in [5.41, 5.74) is 11.6. The number of benzene rings is 2. The summed E-state index contributed by atoms with van der Waals surface area (Å²) >= 11 is 0. The number of aromatic nitrogens is 3. The van der Waals surface area contributed by atoms with Crippen molar-refractivity contribution in [2.24, 2.45) is 0 Å². The molecule has 8 heteroatoms. The molecule has 2 aromatic heterocycles. The average molecular weight is 432 g/mol. The Morgan fingerprint density at radius 1 is 1.09 bits per heavy atom. The lowest BCUT2D eigenvalue weighted by molar-refractivity contribution is 0.415. The van der Waals surface area contributed by atoms with E-state index in [0.717, 1.165) is 46.6 Å². The van der Waals surface area contributed by atoms with E-state index >= 15 is 0 Å². The van der Waals surface area contributed by atoms with Gasteiger partial charge in [-0.2, -0.15) is 0 Å². The summed E-state index contributed by atoms with van der Waals surface area (Å²) in [6, 6.07) is 13.9. The molecule has 0 aliphatic rings. The highest BCUT2D eigenvalue weighted by molar-refractivity contribution is 5.94. The largest absolute Gasteiger partial charge is 0.494 e. The molecular weight excluding hydrogens is 402 g/mol. The highest BCUT2D eigenvalue weighted by Crippen LogP contribution is 2.36. The molecule has 8 nitrogen and oxygen atoms in total. The van der Waals surface area contributed by atoms with Crippen LogP contribution in [0.5, 0.6) is 5.75 Å². The molecule has 32 heavy (non-hydrogen) atoms. The first-order valence-electron chi connectivity index (χ1n) is 10.5. The third-order valence-electron chi connectivity index (χ3n) is 5.41. The van der Waals surface area contributed by atoms with E-state index in [9.17, 15) is 0 Å². The number of ether oxygens (including phenoxy) is 1. The number of rotatable bonds is 8. The van der Waals surface area contributed by atoms with E-state index in [1.165, 1.54) is 0 Å². The Bertz CT molecular complexity index is 1220.